The number of carbonyl (C=O) groups excluding carboxylic acids is 1. The Kier molecular flexibility index (Phi) is 7.90. The molecule has 2 fully saturated rings. The van der Waals surface area contributed by atoms with Gasteiger partial charge in [-0.25, -0.2) is 9.18 Å². The summed E-state index contributed by atoms with van der Waals surface area (Å²) in [7, 11) is 0. The van der Waals surface area contributed by atoms with Gasteiger partial charge in [0, 0.05) is 18.8 Å². The molecule has 0 radical (unpaired) electrons. The van der Waals surface area contributed by atoms with Crippen molar-refractivity contribution >= 4 is 11.7 Å². The highest BCUT2D eigenvalue weighted by Gasteiger charge is 2.20. The van der Waals surface area contributed by atoms with E-state index in [1.54, 1.807) is 12.1 Å². The van der Waals surface area contributed by atoms with Gasteiger partial charge in [0.05, 0.1) is 0 Å². The minimum absolute atomic E-state index is 0.261. The number of nitrogens with one attached hydrogen (secondary N) is 2. The molecule has 2 saturated heterocycles. The minimum Gasteiger partial charge on any atom is -0.338 e. The number of anilines is 1. The lowest BCUT2D eigenvalue weighted by Gasteiger charge is -2.33. The Morgan fingerprint density at radius 2 is 1.85 bits per heavy atom. The number of rotatable bonds is 7. The summed E-state index contributed by atoms with van der Waals surface area (Å²) in [5.74, 6) is 0.146. The van der Waals surface area contributed by atoms with Crippen LogP contribution in [0.15, 0.2) is 24.3 Å². The molecule has 1 aromatic rings. The third kappa shape index (κ3) is 7.11. The van der Waals surface area contributed by atoms with Gasteiger partial charge in [-0.2, -0.15) is 0 Å². The van der Waals surface area contributed by atoms with E-state index in [0.717, 1.165) is 19.5 Å². The average Bonchev–Trinajstić information content (AvgIpc) is 2.68. The van der Waals surface area contributed by atoms with Gasteiger partial charge in [0.2, 0.25) is 0 Å². The number of piperidine rings is 2. The first-order valence-electron chi connectivity index (χ1n) is 10.4. The molecule has 1 aromatic carbocycles. The summed E-state index contributed by atoms with van der Waals surface area (Å²) in [6.07, 6.45) is 7.69. The van der Waals surface area contributed by atoms with Crippen molar-refractivity contribution in [1.29, 1.82) is 0 Å². The first-order valence-corrected chi connectivity index (χ1v) is 10.4. The average molecular weight is 377 g/mol. The van der Waals surface area contributed by atoms with Gasteiger partial charge in [0.1, 0.15) is 5.82 Å². The van der Waals surface area contributed by atoms with Crippen LogP contribution in [0.3, 0.4) is 0 Å². The zero-order valence-corrected chi connectivity index (χ0v) is 16.3. The highest BCUT2D eigenvalue weighted by Crippen LogP contribution is 2.17. The van der Waals surface area contributed by atoms with Crippen molar-refractivity contribution < 1.29 is 9.18 Å². The van der Waals surface area contributed by atoms with E-state index in [1.165, 1.54) is 70.4 Å². The molecule has 3 rings (SSSR count). The van der Waals surface area contributed by atoms with Gasteiger partial charge < -0.3 is 20.4 Å². The maximum absolute atomic E-state index is 13.2. The van der Waals surface area contributed by atoms with Crippen molar-refractivity contribution in [2.45, 2.75) is 38.5 Å². The van der Waals surface area contributed by atoms with Crippen LogP contribution in [0.5, 0.6) is 0 Å². The standard InChI is InChI=1S/C21H33FN4O/c22-19-8-4-9-20(15-19)24-21(27)23-16-18-7-5-12-26(17-18)14-6-13-25-10-2-1-3-11-25/h4,8-9,15,18H,1-3,5-7,10-14,16-17H2,(H2,23,24,27). The quantitative estimate of drug-likeness (QED) is 0.765. The molecule has 0 aliphatic carbocycles. The number of amides is 2. The maximum Gasteiger partial charge on any atom is 0.319 e. The Hall–Kier alpha value is -1.66. The van der Waals surface area contributed by atoms with Crippen LogP contribution in [0.1, 0.15) is 38.5 Å². The molecule has 0 saturated carbocycles. The lowest BCUT2D eigenvalue weighted by Crippen LogP contribution is -2.42. The number of likely N-dealkylation sites (tertiary alicyclic amines) is 2. The first-order chi connectivity index (χ1) is 13.2. The van der Waals surface area contributed by atoms with Crippen LogP contribution in [0, 0.1) is 11.7 Å². The van der Waals surface area contributed by atoms with Crippen LogP contribution >= 0.6 is 0 Å². The lowest BCUT2D eigenvalue weighted by atomic mass is 9.98. The third-order valence-electron chi connectivity index (χ3n) is 5.63. The van der Waals surface area contributed by atoms with Crippen molar-refractivity contribution in [2.75, 3.05) is 51.1 Å². The molecule has 0 aromatic heterocycles. The monoisotopic (exact) mass is 376 g/mol. The van der Waals surface area contributed by atoms with Crippen LogP contribution in [-0.4, -0.2) is 61.6 Å². The fourth-order valence-corrected chi connectivity index (χ4v) is 4.20. The number of nitrogens with zero attached hydrogens (tertiary/aromatic N) is 2. The highest BCUT2D eigenvalue weighted by molar-refractivity contribution is 5.89. The van der Waals surface area contributed by atoms with Crippen molar-refractivity contribution in [3.8, 4) is 0 Å². The van der Waals surface area contributed by atoms with Crippen molar-refractivity contribution in [3.05, 3.63) is 30.1 Å². The van der Waals surface area contributed by atoms with Gasteiger partial charge in [0.15, 0.2) is 0 Å². The SMILES string of the molecule is O=C(NCC1CCCN(CCCN2CCCCC2)C1)Nc1cccc(F)c1. The summed E-state index contributed by atoms with van der Waals surface area (Å²) in [6.45, 7) is 7.81. The highest BCUT2D eigenvalue weighted by atomic mass is 19.1. The van der Waals surface area contributed by atoms with E-state index in [1.807, 2.05) is 0 Å². The van der Waals surface area contributed by atoms with Crippen LogP contribution in [0.4, 0.5) is 14.9 Å². The number of hydrogen-bond acceptors (Lipinski definition) is 3. The van der Waals surface area contributed by atoms with E-state index < -0.39 is 0 Å². The molecule has 0 bridgehead atoms. The molecule has 2 aliphatic heterocycles. The molecule has 2 aliphatic rings. The smallest absolute Gasteiger partial charge is 0.319 e. The zero-order valence-electron chi connectivity index (χ0n) is 16.3. The van der Waals surface area contributed by atoms with Crippen LogP contribution in [0.2, 0.25) is 0 Å². The molecule has 2 N–H and O–H groups in total. The number of urea groups is 1. The number of benzene rings is 1. The molecular weight excluding hydrogens is 343 g/mol. The second-order valence-corrected chi connectivity index (χ2v) is 7.91. The lowest BCUT2D eigenvalue weighted by molar-refractivity contribution is 0.156. The molecule has 5 nitrogen and oxygen atoms in total. The number of carbonyl (C=O) groups is 1. The Labute approximate surface area is 162 Å². The normalized spacial score (nSPS) is 21.7. The summed E-state index contributed by atoms with van der Waals surface area (Å²) in [6, 6.07) is 5.71. The van der Waals surface area contributed by atoms with E-state index in [0.29, 0.717) is 18.2 Å². The molecule has 0 spiro atoms. The fraction of sp³-hybridized carbons (Fsp3) is 0.667. The molecular formula is C21H33FN4O. The third-order valence-corrected chi connectivity index (χ3v) is 5.63. The van der Waals surface area contributed by atoms with E-state index in [4.69, 9.17) is 0 Å². The second-order valence-electron chi connectivity index (χ2n) is 7.91. The van der Waals surface area contributed by atoms with E-state index in [-0.39, 0.29) is 11.8 Å². The molecule has 27 heavy (non-hydrogen) atoms. The molecule has 6 heteroatoms. The molecule has 2 heterocycles. The van der Waals surface area contributed by atoms with Crippen molar-refractivity contribution in [3.63, 3.8) is 0 Å². The van der Waals surface area contributed by atoms with Crippen LogP contribution < -0.4 is 10.6 Å². The molecule has 150 valence electrons. The van der Waals surface area contributed by atoms with Gasteiger partial charge in [-0.3, -0.25) is 0 Å². The van der Waals surface area contributed by atoms with Crippen LogP contribution in [0.25, 0.3) is 0 Å². The Bertz CT molecular complexity index is 591. The number of halogens is 1. The van der Waals surface area contributed by atoms with Gasteiger partial charge in [-0.15, -0.1) is 0 Å². The number of hydrogen-bond donors (Lipinski definition) is 2. The Morgan fingerprint density at radius 1 is 1.07 bits per heavy atom. The Morgan fingerprint density at radius 3 is 2.67 bits per heavy atom. The summed E-state index contributed by atoms with van der Waals surface area (Å²) in [5, 5.41) is 5.64. The maximum atomic E-state index is 13.2. The summed E-state index contributed by atoms with van der Waals surface area (Å²) in [5.41, 5.74) is 0.482. The van der Waals surface area contributed by atoms with Crippen molar-refractivity contribution in [2.24, 2.45) is 5.92 Å². The molecule has 1 unspecified atom stereocenters. The summed E-state index contributed by atoms with van der Waals surface area (Å²) >= 11 is 0. The van der Waals surface area contributed by atoms with Crippen molar-refractivity contribution in [1.82, 2.24) is 15.1 Å². The first kappa shape index (κ1) is 20.1. The van der Waals surface area contributed by atoms with E-state index >= 15 is 0 Å². The van der Waals surface area contributed by atoms with Gasteiger partial charge in [-0.05, 0) is 88.9 Å². The van der Waals surface area contributed by atoms with Crippen LogP contribution in [-0.2, 0) is 0 Å². The predicted molar refractivity (Wildman–Crippen MR) is 107 cm³/mol. The van der Waals surface area contributed by atoms with Gasteiger partial charge >= 0.3 is 6.03 Å². The Balaban J connectivity index is 1.32. The fourth-order valence-electron chi connectivity index (χ4n) is 4.20. The summed E-state index contributed by atoms with van der Waals surface area (Å²) in [4.78, 5) is 17.2. The summed E-state index contributed by atoms with van der Waals surface area (Å²) < 4.78 is 13.2. The van der Waals surface area contributed by atoms with Gasteiger partial charge in [-0.1, -0.05) is 12.5 Å². The zero-order chi connectivity index (χ0) is 18.9. The van der Waals surface area contributed by atoms with Gasteiger partial charge in [0.25, 0.3) is 0 Å². The van der Waals surface area contributed by atoms with E-state index in [9.17, 15) is 9.18 Å². The van der Waals surface area contributed by atoms with E-state index in [2.05, 4.69) is 20.4 Å². The second kappa shape index (κ2) is 10.6. The largest absolute Gasteiger partial charge is 0.338 e. The topological polar surface area (TPSA) is 47.6 Å². The minimum atomic E-state index is -0.347. The molecule has 2 amide bonds. The molecule has 1 atom stereocenters. The predicted octanol–water partition coefficient (Wildman–Crippen LogP) is 3.54.